The van der Waals surface area contributed by atoms with Crippen LogP contribution in [0.3, 0.4) is 0 Å². The van der Waals surface area contributed by atoms with Crippen LogP contribution in [0.2, 0.25) is 0 Å². The van der Waals surface area contributed by atoms with Gasteiger partial charge >= 0.3 is 32.4 Å². The first-order valence-corrected chi connectivity index (χ1v) is 11.7. The van der Waals surface area contributed by atoms with Gasteiger partial charge in [-0.3, -0.25) is 0 Å². The molecular weight excluding hydrogens is 463 g/mol. The Balaban J connectivity index is 4.38. The van der Waals surface area contributed by atoms with Gasteiger partial charge < -0.3 is 13.3 Å². The predicted octanol–water partition coefficient (Wildman–Crippen LogP) is 7.16. The number of rotatable bonds is 17. The average Bonchev–Trinajstić information content (AvgIpc) is 2.66. The first-order chi connectivity index (χ1) is 14.1. The third kappa shape index (κ3) is 8.39. The molecule has 0 radical (unpaired) electrons. The fourth-order valence-corrected chi connectivity index (χ4v) is 4.96. The van der Waals surface area contributed by atoms with Crippen molar-refractivity contribution in [1.29, 1.82) is 0 Å². The van der Waals surface area contributed by atoms with Crippen molar-refractivity contribution in [2.24, 2.45) is 0 Å². The van der Waals surface area contributed by atoms with Crippen LogP contribution in [0.1, 0.15) is 70.6 Å². The molecule has 0 aliphatic carbocycles. The molecule has 0 aromatic carbocycles. The van der Waals surface area contributed by atoms with Gasteiger partial charge in [0.2, 0.25) is 0 Å². The standard InChI is InChI=1S/C18H31F9O3Si/c1-28-31(29-2,30-3)18(26,27)17(24,25)15(19,20)13-11-9-7-5-4-6-8-10-12-14-16(21,22)23/h4-14H2,1-3H3. The fourth-order valence-electron chi connectivity index (χ4n) is 3.12. The molecule has 3 nitrogen and oxygen atoms in total. The van der Waals surface area contributed by atoms with Crippen LogP contribution in [0.25, 0.3) is 0 Å². The van der Waals surface area contributed by atoms with Crippen LogP contribution in [0, 0.1) is 0 Å². The van der Waals surface area contributed by atoms with E-state index in [4.69, 9.17) is 0 Å². The summed E-state index contributed by atoms with van der Waals surface area (Å²) in [5.74, 6) is -10.8. The molecule has 0 saturated heterocycles. The normalized spacial score (nSPS) is 14.3. The molecule has 188 valence electrons. The molecule has 13 heteroatoms. The highest BCUT2D eigenvalue weighted by Crippen LogP contribution is 2.52. The lowest BCUT2D eigenvalue weighted by Gasteiger charge is -2.39. The average molecular weight is 495 g/mol. The molecule has 0 bridgehead atoms. The molecule has 0 aliphatic heterocycles. The maximum absolute atomic E-state index is 14.3. The molecule has 0 N–H and O–H groups in total. The van der Waals surface area contributed by atoms with Gasteiger partial charge in [-0.15, -0.1) is 0 Å². The molecule has 0 atom stereocenters. The number of unbranched alkanes of at least 4 members (excludes halogenated alkanes) is 8. The van der Waals surface area contributed by atoms with E-state index in [2.05, 4.69) is 13.3 Å². The minimum absolute atomic E-state index is 0.0524. The lowest BCUT2D eigenvalue weighted by Crippen LogP contribution is -2.71. The van der Waals surface area contributed by atoms with Crippen LogP contribution in [-0.4, -0.2) is 53.7 Å². The third-order valence-electron chi connectivity index (χ3n) is 5.00. The van der Waals surface area contributed by atoms with Gasteiger partial charge in [-0.1, -0.05) is 44.9 Å². The van der Waals surface area contributed by atoms with E-state index >= 15 is 0 Å². The summed E-state index contributed by atoms with van der Waals surface area (Å²) in [6.07, 6.45) is -3.25. The van der Waals surface area contributed by atoms with Crippen molar-refractivity contribution in [2.75, 3.05) is 21.3 Å². The van der Waals surface area contributed by atoms with Gasteiger partial charge in [-0.05, 0) is 12.8 Å². The predicted molar refractivity (Wildman–Crippen MR) is 98.5 cm³/mol. The van der Waals surface area contributed by atoms with Crippen molar-refractivity contribution >= 4 is 8.80 Å². The van der Waals surface area contributed by atoms with E-state index in [9.17, 15) is 39.5 Å². The number of alkyl halides is 9. The summed E-state index contributed by atoms with van der Waals surface area (Å²) in [7, 11) is -3.54. The smallest absolute Gasteiger partial charge is 0.373 e. The van der Waals surface area contributed by atoms with Gasteiger partial charge in [0.05, 0.1) is 0 Å². The first-order valence-electron chi connectivity index (χ1n) is 10.00. The van der Waals surface area contributed by atoms with Gasteiger partial charge in [0.15, 0.2) is 0 Å². The second-order valence-corrected chi connectivity index (χ2v) is 10.3. The molecule has 0 amide bonds. The zero-order chi connectivity index (χ0) is 24.4. The highest BCUT2D eigenvalue weighted by atomic mass is 28.4. The van der Waals surface area contributed by atoms with Crippen LogP contribution >= 0.6 is 0 Å². The van der Waals surface area contributed by atoms with Crippen LogP contribution in [0.4, 0.5) is 39.5 Å². The second-order valence-electron chi connectivity index (χ2n) is 7.32. The van der Waals surface area contributed by atoms with Crippen molar-refractivity contribution in [1.82, 2.24) is 0 Å². The van der Waals surface area contributed by atoms with E-state index < -0.39 is 51.6 Å². The van der Waals surface area contributed by atoms with E-state index in [1.807, 2.05) is 0 Å². The molecular formula is C18H31F9O3Si. The number of hydrogen-bond donors (Lipinski definition) is 0. The second kappa shape index (κ2) is 12.6. The minimum atomic E-state index is -5.75. The molecule has 0 fully saturated rings. The van der Waals surface area contributed by atoms with Gasteiger partial charge in [0, 0.05) is 34.2 Å². The Morgan fingerprint density at radius 3 is 1.16 bits per heavy atom. The van der Waals surface area contributed by atoms with E-state index in [1.165, 1.54) is 0 Å². The molecule has 0 aromatic rings. The van der Waals surface area contributed by atoms with Gasteiger partial charge in [0.25, 0.3) is 0 Å². The summed E-state index contributed by atoms with van der Waals surface area (Å²) in [5, 5.41) is 0. The Morgan fingerprint density at radius 1 is 0.516 bits per heavy atom. The summed E-state index contributed by atoms with van der Waals surface area (Å²) in [5.41, 5.74) is -5.35. The topological polar surface area (TPSA) is 27.7 Å². The van der Waals surface area contributed by atoms with E-state index in [-0.39, 0.29) is 12.8 Å². The van der Waals surface area contributed by atoms with Gasteiger partial charge in [-0.2, -0.15) is 39.5 Å². The Kier molecular flexibility index (Phi) is 12.4. The van der Waals surface area contributed by atoms with Crippen molar-refractivity contribution in [3.8, 4) is 0 Å². The van der Waals surface area contributed by atoms with E-state index in [1.54, 1.807) is 0 Å². The maximum Gasteiger partial charge on any atom is 0.581 e. The summed E-state index contributed by atoms with van der Waals surface area (Å²) in [6, 6.07) is 0. The third-order valence-corrected chi connectivity index (χ3v) is 7.69. The Hall–Kier alpha value is -0.533. The molecule has 0 saturated carbocycles. The van der Waals surface area contributed by atoms with Crippen molar-refractivity contribution < 1.29 is 52.8 Å². The monoisotopic (exact) mass is 494 g/mol. The summed E-state index contributed by atoms with van der Waals surface area (Å²) in [4.78, 5) is 0. The zero-order valence-corrected chi connectivity index (χ0v) is 18.9. The van der Waals surface area contributed by atoms with Gasteiger partial charge in [-0.25, -0.2) is 0 Å². The molecule has 0 heterocycles. The summed E-state index contributed by atoms with van der Waals surface area (Å²) >= 11 is 0. The van der Waals surface area contributed by atoms with Crippen LogP contribution in [0.5, 0.6) is 0 Å². The van der Waals surface area contributed by atoms with Crippen molar-refractivity contribution in [2.45, 2.75) is 94.2 Å². The molecule has 0 aliphatic rings. The highest BCUT2D eigenvalue weighted by molar-refractivity contribution is 6.63. The van der Waals surface area contributed by atoms with Gasteiger partial charge in [0.1, 0.15) is 0 Å². The SMILES string of the molecule is CO[Si](OC)(OC)C(F)(F)C(F)(F)C(F)(F)CCCCCCCCCCCC(F)(F)F. The quantitative estimate of drug-likeness (QED) is 0.122. The minimum Gasteiger partial charge on any atom is -0.373 e. The van der Waals surface area contributed by atoms with Crippen LogP contribution in [0.15, 0.2) is 0 Å². The largest absolute Gasteiger partial charge is 0.581 e. The highest BCUT2D eigenvalue weighted by Gasteiger charge is 2.83. The maximum atomic E-state index is 14.3. The van der Waals surface area contributed by atoms with E-state index in [0.29, 0.717) is 59.9 Å². The first kappa shape index (κ1) is 30.5. The van der Waals surface area contributed by atoms with Crippen molar-refractivity contribution in [3.05, 3.63) is 0 Å². The van der Waals surface area contributed by atoms with E-state index in [0.717, 1.165) is 0 Å². The van der Waals surface area contributed by atoms with Crippen LogP contribution < -0.4 is 0 Å². The number of halogens is 9. The summed E-state index contributed by atoms with van der Waals surface area (Å²) < 4.78 is 134. The van der Waals surface area contributed by atoms with Crippen LogP contribution in [-0.2, 0) is 13.3 Å². The molecule has 0 rings (SSSR count). The zero-order valence-electron chi connectivity index (χ0n) is 17.9. The summed E-state index contributed by atoms with van der Waals surface area (Å²) in [6.45, 7) is 0. The Morgan fingerprint density at radius 2 is 0.839 bits per heavy atom. The molecule has 0 spiro atoms. The lowest BCUT2D eigenvalue weighted by molar-refractivity contribution is -0.298. The Bertz CT molecular complexity index is 490. The molecule has 31 heavy (non-hydrogen) atoms. The van der Waals surface area contributed by atoms with Crippen molar-refractivity contribution in [3.63, 3.8) is 0 Å². The number of hydrogen-bond acceptors (Lipinski definition) is 3. The Labute approximate surface area is 178 Å². The molecule has 0 aromatic heterocycles. The lowest BCUT2D eigenvalue weighted by atomic mass is 10.0. The molecule has 0 unspecified atom stereocenters. The fraction of sp³-hybridized carbons (Fsp3) is 1.00.